The largest absolute Gasteiger partial charge is 0.489 e. The molecule has 0 amide bonds. The van der Waals surface area contributed by atoms with E-state index in [1.54, 1.807) is 32.4 Å². The third kappa shape index (κ3) is 4.68. The first-order valence-corrected chi connectivity index (χ1v) is 10.2. The Morgan fingerprint density at radius 2 is 2.03 bits per heavy atom. The number of fused-ring (bicyclic) bond motifs is 1. The molecule has 2 aromatic carbocycles. The van der Waals surface area contributed by atoms with E-state index in [-0.39, 0.29) is 11.9 Å². The van der Waals surface area contributed by atoms with Crippen LogP contribution in [0.1, 0.15) is 23.6 Å². The van der Waals surface area contributed by atoms with Gasteiger partial charge in [-0.05, 0) is 52.4 Å². The van der Waals surface area contributed by atoms with Gasteiger partial charge >= 0.3 is 5.97 Å². The lowest BCUT2D eigenvalue weighted by molar-refractivity contribution is -0.141. The van der Waals surface area contributed by atoms with E-state index >= 15 is 0 Å². The van der Waals surface area contributed by atoms with Crippen LogP contribution in [0.15, 0.2) is 54.7 Å². The Labute approximate surface area is 180 Å². The highest BCUT2D eigenvalue weighted by molar-refractivity contribution is 5.70. The highest BCUT2D eigenvalue weighted by Crippen LogP contribution is 2.33. The number of carboxylic acids is 1. The molecular weight excluding hydrogens is 397 g/mol. The molecule has 31 heavy (non-hydrogen) atoms. The number of nitrogens with zero attached hydrogens (tertiary/aromatic N) is 1. The van der Waals surface area contributed by atoms with E-state index in [1.807, 2.05) is 30.3 Å². The number of hydrogen-bond donors (Lipinski definition) is 1. The minimum absolute atomic E-state index is 0.150. The van der Waals surface area contributed by atoms with Crippen LogP contribution in [0.3, 0.4) is 0 Å². The fourth-order valence-electron chi connectivity index (χ4n) is 3.86. The maximum absolute atomic E-state index is 14.8. The first kappa shape index (κ1) is 20.8. The number of halogens is 1. The van der Waals surface area contributed by atoms with Gasteiger partial charge in [0.25, 0.3) is 0 Å². The fourth-order valence-corrected chi connectivity index (χ4v) is 3.86. The van der Waals surface area contributed by atoms with E-state index < -0.39 is 11.9 Å². The number of aromatic nitrogens is 1. The number of carboxylic acid groups (broad SMARTS) is 1. The van der Waals surface area contributed by atoms with Gasteiger partial charge in [-0.25, -0.2) is 9.37 Å². The van der Waals surface area contributed by atoms with Crippen LogP contribution in [0.2, 0.25) is 0 Å². The highest BCUT2D eigenvalue weighted by atomic mass is 19.1. The second-order valence-electron chi connectivity index (χ2n) is 7.93. The average molecular weight is 421 g/mol. The lowest BCUT2D eigenvalue weighted by Gasteiger charge is -2.13. The minimum atomic E-state index is -0.816. The maximum atomic E-state index is 14.8. The molecule has 0 radical (unpaired) electrons. The molecule has 0 spiro atoms. The SMILES string of the molecule is COc1cc(-c2ccc(CC3Cc4ccc(CC(C)C(=O)O)cc4O3)c(F)c2)ccn1. The molecule has 1 aromatic heterocycles. The molecule has 5 nitrogen and oxygen atoms in total. The average Bonchev–Trinajstić information content (AvgIpc) is 3.16. The molecule has 2 heterocycles. The van der Waals surface area contributed by atoms with Gasteiger partial charge in [-0.3, -0.25) is 4.79 Å². The fraction of sp³-hybridized carbons (Fsp3) is 0.280. The highest BCUT2D eigenvalue weighted by Gasteiger charge is 2.25. The van der Waals surface area contributed by atoms with Gasteiger partial charge < -0.3 is 14.6 Å². The van der Waals surface area contributed by atoms with Crippen molar-refractivity contribution < 1.29 is 23.8 Å². The Morgan fingerprint density at radius 1 is 1.23 bits per heavy atom. The standard InChI is InChI=1S/C25H24FNO4/c1-15(25(28)29)9-16-3-4-20-12-21(31-23(20)10-16)11-19-6-5-17(13-22(19)26)18-7-8-27-24(14-18)30-2/h3-8,10,13-15,21H,9,11-12H2,1-2H3,(H,28,29). The Hall–Kier alpha value is -3.41. The zero-order valence-electron chi connectivity index (χ0n) is 17.5. The summed E-state index contributed by atoms with van der Waals surface area (Å²) >= 11 is 0. The van der Waals surface area contributed by atoms with E-state index in [9.17, 15) is 9.18 Å². The monoisotopic (exact) mass is 421 g/mol. The molecular formula is C25H24FNO4. The summed E-state index contributed by atoms with van der Waals surface area (Å²) in [6, 6.07) is 14.6. The first-order valence-electron chi connectivity index (χ1n) is 10.2. The van der Waals surface area contributed by atoms with Crippen molar-refractivity contribution in [3.8, 4) is 22.8 Å². The van der Waals surface area contributed by atoms with Gasteiger partial charge in [-0.15, -0.1) is 0 Å². The van der Waals surface area contributed by atoms with E-state index in [4.69, 9.17) is 14.6 Å². The Balaban J connectivity index is 1.45. The lowest BCUT2D eigenvalue weighted by atomic mass is 9.97. The number of aliphatic carboxylic acids is 1. The van der Waals surface area contributed by atoms with Crippen LogP contribution in [0.25, 0.3) is 11.1 Å². The third-order valence-corrected chi connectivity index (χ3v) is 5.61. The number of rotatable bonds is 7. The molecule has 1 N–H and O–H groups in total. The van der Waals surface area contributed by atoms with Crippen molar-refractivity contribution in [1.29, 1.82) is 0 Å². The summed E-state index contributed by atoms with van der Waals surface area (Å²) in [6.45, 7) is 1.69. The molecule has 0 saturated carbocycles. The van der Waals surface area contributed by atoms with Gasteiger partial charge in [-0.1, -0.05) is 31.2 Å². The predicted molar refractivity (Wildman–Crippen MR) is 115 cm³/mol. The van der Waals surface area contributed by atoms with Crippen LogP contribution in [-0.4, -0.2) is 29.3 Å². The zero-order chi connectivity index (χ0) is 22.0. The zero-order valence-corrected chi connectivity index (χ0v) is 17.5. The van der Waals surface area contributed by atoms with Gasteiger partial charge in [-0.2, -0.15) is 0 Å². The quantitative estimate of drug-likeness (QED) is 0.599. The molecule has 0 fully saturated rings. The second-order valence-corrected chi connectivity index (χ2v) is 7.93. The van der Waals surface area contributed by atoms with E-state index in [2.05, 4.69) is 4.98 Å². The summed E-state index contributed by atoms with van der Waals surface area (Å²) in [6.07, 6.45) is 3.10. The molecule has 160 valence electrons. The molecule has 2 unspecified atom stereocenters. The van der Waals surface area contributed by atoms with Crippen molar-refractivity contribution >= 4 is 5.97 Å². The van der Waals surface area contributed by atoms with Crippen molar-refractivity contribution in [2.45, 2.75) is 32.3 Å². The molecule has 0 saturated heterocycles. The van der Waals surface area contributed by atoms with E-state index in [0.717, 1.165) is 28.0 Å². The third-order valence-electron chi connectivity index (χ3n) is 5.61. The summed E-state index contributed by atoms with van der Waals surface area (Å²) in [7, 11) is 1.55. The summed E-state index contributed by atoms with van der Waals surface area (Å²) in [5.41, 5.74) is 4.19. The minimum Gasteiger partial charge on any atom is -0.489 e. The van der Waals surface area contributed by atoms with Crippen molar-refractivity contribution in [3.63, 3.8) is 0 Å². The Kier molecular flexibility index (Phi) is 5.89. The van der Waals surface area contributed by atoms with Crippen LogP contribution >= 0.6 is 0 Å². The summed E-state index contributed by atoms with van der Waals surface area (Å²) in [5, 5.41) is 9.11. The van der Waals surface area contributed by atoms with Crippen molar-refractivity contribution in [1.82, 2.24) is 4.98 Å². The van der Waals surface area contributed by atoms with Crippen LogP contribution < -0.4 is 9.47 Å². The molecule has 1 aliphatic rings. The van der Waals surface area contributed by atoms with Crippen LogP contribution in [0, 0.1) is 11.7 Å². The summed E-state index contributed by atoms with van der Waals surface area (Å²) in [4.78, 5) is 15.2. The number of benzene rings is 2. The van der Waals surface area contributed by atoms with Crippen LogP contribution in [-0.2, 0) is 24.1 Å². The number of hydrogen-bond acceptors (Lipinski definition) is 4. The van der Waals surface area contributed by atoms with E-state index in [1.165, 1.54) is 6.07 Å². The first-order chi connectivity index (χ1) is 14.9. The number of carbonyl (C=O) groups is 1. The van der Waals surface area contributed by atoms with Crippen molar-refractivity contribution in [3.05, 3.63) is 77.2 Å². The van der Waals surface area contributed by atoms with Crippen LogP contribution in [0.4, 0.5) is 4.39 Å². The number of pyridine rings is 1. The molecule has 3 aromatic rings. The predicted octanol–water partition coefficient (Wildman–Crippen LogP) is 4.71. The van der Waals surface area contributed by atoms with Gasteiger partial charge in [0.1, 0.15) is 17.7 Å². The summed E-state index contributed by atoms with van der Waals surface area (Å²) in [5.74, 6) is -0.298. The number of methoxy groups -OCH3 is 1. The van der Waals surface area contributed by atoms with Gasteiger partial charge in [0.15, 0.2) is 0 Å². The lowest BCUT2D eigenvalue weighted by Crippen LogP contribution is -2.17. The molecule has 0 aliphatic carbocycles. The maximum Gasteiger partial charge on any atom is 0.306 e. The smallest absolute Gasteiger partial charge is 0.306 e. The molecule has 6 heteroatoms. The number of ether oxygens (including phenoxy) is 2. The normalized spacial score (nSPS) is 15.8. The molecule has 1 aliphatic heterocycles. The van der Waals surface area contributed by atoms with Gasteiger partial charge in [0.05, 0.1) is 13.0 Å². The Bertz CT molecular complexity index is 1110. The van der Waals surface area contributed by atoms with E-state index in [0.29, 0.717) is 30.7 Å². The molecule has 0 bridgehead atoms. The van der Waals surface area contributed by atoms with Crippen LogP contribution in [0.5, 0.6) is 11.6 Å². The topological polar surface area (TPSA) is 68.7 Å². The molecule has 2 atom stereocenters. The van der Waals surface area contributed by atoms with Crippen molar-refractivity contribution in [2.24, 2.45) is 5.92 Å². The second kappa shape index (κ2) is 8.76. The Morgan fingerprint density at radius 3 is 2.77 bits per heavy atom. The van der Waals surface area contributed by atoms with Gasteiger partial charge in [0, 0.05) is 25.1 Å². The van der Waals surface area contributed by atoms with Gasteiger partial charge in [0.2, 0.25) is 5.88 Å². The summed E-state index contributed by atoms with van der Waals surface area (Å²) < 4.78 is 26.0. The van der Waals surface area contributed by atoms with Crippen molar-refractivity contribution in [2.75, 3.05) is 7.11 Å². The molecule has 4 rings (SSSR count).